The summed E-state index contributed by atoms with van der Waals surface area (Å²) in [4.78, 5) is 39.7. The van der Waals surface area contributed by atoms with E-state index in [1.165, 1.54) is 17.0 Å². The molecule has 0 aliphatic carbocycles. The summed E-state index contributed by atoms with van der Waals surface area (Å²) < 4.78 is 1.22. The predicted molar refractivity (Wildman–Crippen MR) is 74.3 cm³/mol. The lowest BCUT2D eigenvalue weighted by Gasteiger charge is -2.10. The number of aryl methyl sites for hydroxylation is 1. The van der Waals surface area contributed by atoms with E-state index in [1.807, 2.05) is 6.92 Å². The van der Waals surface area contributed by atoms with E-state index in [4.69, 9.17) is 5.11 Å². The second-order valence-electron chi connectivity index (χ2n) is 4.08. The number of rotatable bonds is 4. The number of carbonyl (C=O) groups is 2. The molecule has 0 aliphatic rings. The molecule has 0 saturated carbocycles. The van der Waals surface area contributed by atoms with Gasteiger partial charge in [-0.1, -0.05) is 6.92 Å². The summed E-state index contributed by atoms with van der Waals surface area (Å²) in [5.74, 6) is -1.05. The average molecular weight is 295 g/mol. The molecule has 8 heteroatoms. The lowest BCUT2D eigenvalue weighted by molar-refractivity contribution is -0.121. The minimum Gasteiger partial charge on any atom is -0.478 e. The van der Waals surface area contributed by atoms with Gasteiger partial charge in [0, 0.05) is 18.8 Å². The molecule has 20 heavy (non-hydrogen) atoms. The van der Waals surface area contributed by atoms with Crippen LogP contribution in [0.15, 0.2) is 10.2 Å². The number of carbonyl (C=O) groups excluding carboxylic acids is 1. The molecule has 0 aromatic carbocycles. The smallest absolute Gasteiger partial charge is 0.337 e. The Bertz CT molecular complexity index is 747. The van der Waals surface area contributed by atoms with Gasteiger partial charge in [0.1, 0.15) is 17.2 Å². The van der Waals surface area contributed by atoms with E-state index in [2.05, 4.69) is 10.3 Å². The lowest BCUT2D eigenvalue weighted by atomic mass is 10.2. The summed E-state index contributed by atoms with van der Waals surface area (Å²) >= 11 is 1.11. The highest BCUT2D eigenvalue weighted by Crippen LogP contribution is 2.21. The van der Waals surface area contributed by atoms with Crippen LogP contribution in [0.3, 0.4) is 0 Å². The molecule has 1 amide bonds. The Morgan fingerprint density at radius 1 is 1.50 bits per heavy atom. The predicted octanol–water partition coefficient (Wildman–Crippen LogP) is 0.465. The van der Waals surface area contributed by atoms with Crippen molar-refractivity contribution in [1.29, 1.82) is 0 Å². The second-order valence-corrected chi connectivity index (χ2v) is 4.94. The van der Waals surface area contributed by atoms with Gasteiger partial charge in [-0.3, -0.25) is 14.2 Å². The molecule has 0 spiro atoms. The fourth-order valence-electron chi connectivity index (χ4n) is 1.88. The Morgan fingerprint density at radius 2 is 2.20 bits per heavy atom. The van der Waals surface area contributed by atoms with Crippen molar-refractivity contribution < 1.29 is 14.7 Å². The van der Waals surface area contributed by atoms with E-state index in [0.29, 0.717) is 17.1 Å². The Balaban J connectivity index is 2.74. The van der Waals surface area contributed by atoms with Crippen molar-refractivity contribution in [1.82, 2.24) is 14.9 Å². The van der Waals surface area contributed by atoms with Crippen LogP contribution in [0.4, 0.5) is 0 Å². The van der Waals surface area contributed by atoms with Crippen LogP contribution in [-0.4, -0.2) is 33.6 Å². The van der Waals surface area contributed by atoms with Gasteiger partial charge in [-0.05, 0) is 0 Å². The van der Waals surface area contributed by atoms with Gasteiger partial charge in [-0.2, -0.15) is 0 Å². The number of amides is 1. The molecule has 2 N–H and O–H groups in total. The molecule has 2 aromatic heterocycles. The number of aromatic nitrogens is 2. The highest BCUT2D eigenvalue weighted by molar-refractivity contribution is 7.17. The Morgan fingerprint density at radius 3 is 2.75 bits per heavy atom. The molecule has 2 aromatic rings. The van der Waals surface area contributed by atoms with Crippen LogP contribution in [0.25, 0.3) is 10.2 Å². The Kier molecular flexibility index (Phi) is 3.84. The highest BCUT2D eigenvalue weighted by atomic mass is 32.1. The number of aromatic carboxylic acids is 1. The number of nitrogens with zero attached hydrogens (tertiary/aromatic N) is 2. The molecule has 0 saturated heterocycles. The summed E-state index contributed by atoms with van der Waals surface area (Å²) in [6, 6.07) is 0. The Hall–Kier alpha value is -2.22. The maximum atomic E-state index is 12.4. The summed E-state index contributed by atoms with van der Waals surface area (Å²) in [7, 11) is 1.47. The van der Waals surface area contributed by atoms with Gasteiger partial charge in [-0.25, -0.2) is 9.78 Å². The molecule has 0 unspecified atom stereocenters. The van der Waals surface area contributed by atoms with E-state index >= 15 is 0 Å². The number of hydrogen-bond donors (Lipinski definition) is 2. The average Bonchev–Trinajstić information content (AvgIpc) is 2.85. The van der Waals surface area contributed by atoms with Gasteiger partial charge in [0.15, 0.2) is 0 Å². The quantitative estimate of drug-likeness (QED) is 0.853. The molecule has 0 fully saturated rings. The molecular weight excluding hydrogens is 282 g/mol. The molecule has 2 rings (SSSR count). The van der Waals surface area contributed by atoms with Gasteiger partial charge < -0.3 is 10.4 Å². The molecule has 2 heterocycles. The number of hydrogen-bond acceptors (Lipinski definition) is 5. The first-order valence-electron chi connectivity index (χ1n) is 5.94. The third-order valence-corrected chi connectivity index (χ3v) is 3.77. The third kappa shape index (κ3) is 2.29. The molecule has 0 atom stereocenters. The fraction of sp³-hybridized carbons (Fsp3) is 0.333. The molecule has 0 bridgehead atoms. The maximum Gasteiger partial charge on any atom is 0.337 e. The van der Waals surface area contributed by atoms with Crippen LogP contribution in [-0.2, 0) is 17.8 Å². The first-order valence-corrected chi connectivity index (χ1v) is 6.82. The summed E-state index contributed by atoms with van der Waals surface area (Å²) in [5, 5.41) is 13.0. The van der Waals surface area contributed by atoms with Crippen molar-refractivity contribution in [2.75, 3.05) is 7.05 Å². The minimum absolute atomic E-state index is 0.0589. The highest BCUT2D eigenvalue weighted by Gasteiger charge is 2.19. The van der Waals surface area contributed by atoms with Crippen LogP contribution in [0.1, 0.15) is 23.1 Å². The first-order chi connectivity index (χ1) is 9.49. The first kappa shape index (κ1) is 14.2. The van der Waals surface area contributed by atoms with Crippen molar-refractivity contribution in [3.63, 3.8) is 0 Å². The Labute approximate surface area is 117 Å². The van der Waals surface area contributed by atoms with Crippen LogP contribution < -0.4 is 10.9 Å². The molecular formula is C12H13N3O4S. The van der Waals surface area contributed by atoms with Crippen LogP contribution in [0, 0.1) is 0 Å². The van der Waals surface area contributed by atoms with Gasteiger partial charge in [0.05, 0.1) is 10.9 Å². The zero-order chi connectivity index (χ0) is 14.9. The van der Waals surface area contributed by atoms with Crippen LogP contribution in [0.5, 0.6) is 0 Å². The second kappa shape index (κ2) is 5.41. The van der Waals surface area contributed by atoms with Crippen LogP contribution in [0.2, 0.25) is 0 Å². The molecule has 0 radical (unpaired) electrons. The molecule has 106 valence electrons. The topological polar surface area (TPSA) is 101 Å². The largest absolute Gasteiger partial charge is 0.478 e. The normalized spacial score (nSPS) is 10.7. The van der Waals surface area contributed by atoms with E-state index < -0.39 is 11.5 Å². The number of likely N-dealkylation sites (N-methyl/N-ethyl adjacent to an activating group) is 1. The number of fused-ring (bicyclic) bond motifs is 1. The van der Waals surface area contributed by atoms with Crippen molar-refractivity contribution in [2.24, 2.45) is 0 Å². The number of carboxylic acid groups (broad SMARTS) is 1. The van der Waals surface area contributed by atoms with E-state index in [9.17, 15) is 14.4 Å². The van der Waals surface area contributed by atoms with Gasteiger partial charge >= 0.3 is 5.97 Å². The van der Waals surface area contributed by atoms with Crippen molar-refractivity contribution >= 4 is 33.4 Å². The minimum atomic E-state index is -1.18. The van der Waals surface area contributed by atoms with Gasteiger partial charge in [0.25, 0.3) is 5.56 Å². The van der Waals surface area contributed by atoms with Gasteiger partial charge in [0.2, 0.25) is 5.91 Å². The van der Waals surface area contributed by atoms with Gasteiger partial charge in [-0.15, -0.1) is 11.3 Å². The van der Waals surface area contributed by atoms with Crippen molar-refractivity contribution in [2.45, 2.75) is 19.9 Å². The third-order valence-electron chi connectivity index (χ3n) is 2.90. The SMILES string of the molecule is CCc1nc2scc(C(=O)O)c2c(=O)n1CC(=O)NC. The number of thiophene rings is 1. The molecule has 0 aliphatic heterocycles. The number of nitrogens with one attached hydrogen (secondary N) is 1. The number of carboxylic acids is 1. The van der Waals surface area contributed by atoms with E-state index in [0.717, 1.165) is 11.3 Å². The standard InChI is InChI=1S/C12H13N3O4S/c1-3-7-14-10-9(6(5-20-10)12(18)19)11(17)15(7)4-8(16)13-2/h5H,3-4H2,1-2H3,(H,13,16)(H,18,19). The summed E-state index contributed by atoms with van der Waals surface area (Å²) in [5.41, 5.74) is -0.565. The van der Waals surface area contributed by atoms with E-state index in [-0.39, 0.29) is 23.4 Å². The summed E-state index contributed by atoms with van der Waals surface area (Å²) in [6.45, 7) is 1.65. The van der Waals surface area contributed by atoms with Crippen LogP contribution >= 0.6 is 11.3 Å². The maximum absolute atomic E-state index is 12.4. The zero-order valence-corrected chi connectivity index (χ0v) is 11.8. The fourth-order valence-corrected chi connectivity index (χ4v) is 2.80. The lowest BCUT2D eigenvalue weighted by Crippen LogP contribution is -2.33. The van der Waals surface area contributed by atoms with Crippen molar-refractivity contribution in [3.8, 4) is 0 Å². The molecule has 7 nitrogen and oxygen atoms in total. The zero-order valence-electron chi connectivity index (χ0n) is 11.0. The van der Waals surface area contributed by atoms with Crippen molar-refractivity contribution in [3.05, 3.63) is 27.1 Å². The summed E-state index contributed by atoms with van der Waals surface area (Å²) in [6.07, 6.45) is 0.475. The van der Waals surface area contributed by atoms with E-state index in [1.54, 1.807) is 0 Å². The monoisotopic (exact) mass is 295 g/mol.